The van der Waals surface area contributed by atoms with Crippen molar-refractivity contribution in [3.05, 3.63) is 23.8 Å². The second-order valence-corrected chi connectivity index (χ2v) is 4.27. The number of rotatable bonds is 4. The van der Waals surface area contributed by atoms with E-state index >= 15 is 0 Å². The zero-order valence-electron chi connectivity index (χ0n) is 9.71. The van der Waals surface area contributed by atoms with Crippen LogP contribution < -0.4 is 0 Å². The third kappa shape index (κ3) is 4.32. The summed E-state index contributed by atoms with van der Waals surface area (Å²) in [5, 5.41) is 0. The Kier molecular flexibility index (Phi) is 4.60. The molecule has 2 nitrogen and oxygen atoms in total. The van der Waals surface area contributed by atoms with Crippen LogP contribution in [0.4, 0.5) is 0 Å². The lowest BCUT2D eigenvalue weighted by molar-refractivity contribution is -0.140. The van der Waals surface area contributed by atoms with Crippen molar-refractivity contribution in [2.24, 2.45) is 5.92 Å². The van der Waals surface area contributed by atoms with E-state index in [0.717, 1.165) is 12.8 Å². The van der Waals surface area contributed by atoms with Gasteiger partial charge in [-0.15, -0.1) is 0 Å². The molecule has 2 heteroatoms. The Labute approximate surface area is 92.0 Å². The third-order valence-corrected chi connectivity index (χ3v) is 2.94. The minimum absolute atomic E-state index is 0.206. The first-order valence-corrected chi connectivity index (χ1v) is 5.56. The lowest BCUT2D eigenvalue weighted by Crippen LogP contribution is -2.10. The monoisotopic (exact) mass is 208 g/mol. The van der Waals surface area contributed by atoms with Gasteiger partial charge in [0.1, 0.15) is 0 Å². The van der Waals surface area contributed by atoms with Crippen LogP contribution in [0.15, 0.2) is 23.8 Å². The Balaban J connectivity index is 2.26. The summed E-state index contributed by atoms with van der Waals surface area (Å²) in [6.07, 6.45) is 6.57. The topological polar surface area (TPSA) is 26.3 Å². The molecule has 0 radical (unpaired) electrons. The Bertz CT molecular complexity index is 276. The van der Waals surface area contributed by atoms with E-state index in [1.54, 1.807) is 0 Å². The van der Waals surface area contributed by atoms with Crippen LogP contribution in [-0.2, 0) is 9.53 Å². The summed E-state index contributed by atoms with van der Waals surface area (Å²) in [5.74, 6) is 0.381. The van der Waals surface area contributed by atoms with E-state index < -0.39 is 0 Å². The van der Waals surface area contributed by atoms with Gasteiger partial charge in [-0.3, -0.25) is 4.79 Å². The van der Waals surface area contributed by atoms with Crippen LogP contribution in [0.3, 0.4) is 0 Å². The molecule has 1 atom stereocenters. The van der Waals surface area contributed by atoms with E-state index in [1.807, 2.05) is 0 Å². The molecule has 0 N–H and O–H groups in total. The summed E-state index contributed by atoms with van der Waals surface area (Å²) in [5.41, 5.74) is 2.71. The van der Waals surface area contributed by atoms with E-state index in [0.29, 0.717) is 12.5 Å². The molecule has 0 aromatic carbocycles. The van der Waals surface area contributed by atoms with Gasteiger partial charge in [-0.2, -0.15) is 0 Å². The number of carbonyl (C=O) groups excluding carboxylic acids is 1. The van der Waals surface area contributed by atoms with Crippen molar-refractivity contribution >= 4 is 5.97 Å². The fraction of sp³-hybridized carbons (Fsp3) is 0.615. The maximum atomic E-state index is 10.6. The molecule has 0 spiro atoms. The molecule has 0 bridgehead atoms. The largest absolute Gasteiger partial charge is 0.466 e. The molecule has 1 unspecified atom stereocenters. The molecule has 1 rings (SSSR count). The van der Waals surface area contributed by atoms with E-state index in [1.165, 1.54) is 30.9 Å². The molecule has 0 fully saturated rings. The molecule has 15 heavy (non-hydrogen) atoms. The highest BCUT2D eigenvalue weighted by Gasteiger charge is 2.15. The van der Waals surface area contributed by atoms with Crippen molar-refractivity contribution in [2.75, 3.05) is 6.61 Å². The average molecular weight is 208 g/mol. The summed E-state index contributed by atoms with van der Waals surface area (Å²) >= 11 is 0. The second kappa shape index (κ2) is 5.74. The van der Waals surface area contributed by atoms with Crippen molar-refractivity contribution in [2.45, 2.75) is 39.5 Å². The fourth-order valence-corrected chi connectivity index (χ4v) is 1.87. The molecule has 0 aromatic rings. The third-order valence-electron chi connectivity index (χ3n) is 2.94. The van der Waals surface area contributed by atoms with Crippen LogP contribution in [0, 0.1) is 5.92 Å². The van der Waals surface area contributed by atoms with Crippen LogP contribution in [0.2, 0.25) is 0 Å². The fourth-order valence-electron chi connectivity index (χ4n) is 1.87. The molecule has 0 saturated carbocycles. The number of hydrogen-bond donors (Lipinski definition) is 0. The molecule has 84 valence electrons. The van der Waals surface area contributed by atoms with Gasteiger partial charge in [-0.05, 0) is 32.1 Å². The van der Waals surface area contributed by atoms with E-state index in [2.05, 4.69) is 19.6 Å². The van der Waals surface area contributed by atoms with Gasteiger partial charge in [-0.25, -0.2) is 0 Å². The van der Waals surface area contributed by atoms with E-state index in [9.17, 15) is 4.79 Å². The smallest absolute Gasteiger partial charge is 0.302 e. The Hall–Kier alpha value is -1.05. The number of allylic oxidation sites excluding steroid dienone is 2. The normalized spacial score (nSPS) is 20.7. The number of hydrogen-bond acceptors (Lipinski definition) is 2. The van der Waals surface area contributed by atoms with Crippen molar-refractivity contribution < 1.29 is 9.53 Å². The summed E-state index contributed by atoms with van der Waals surface area (Å²) in [6, 6.07) is 0. The standard InChI is InChI=1S/C13H20O2/c1-10-4-6-13(7-5-10)11(2)8-9-15-12(3)14/h4,13H,2,5-9H2,1,3H3. The molecule has 1 aliphatic carbocycles. The lowest BCUT2D eigenvalue weighted by atomic mass is 9.84. The average Bonchev–Trinajstić information content (AvgIpc) is 2.18. The molecule has 0 heterocycles. The van der Waals surface area contributed by atoms with Crippen LogP contribution in [0.5, 0.6) is 0 Å². The van der Waals surface area contributed by atoms with Crippen molar-refractivity contribution in [1.29, 1.82) is 0 Å². The predicted octanol–water partition coefficient (Wildman–Crippen LogP) is 3.24. The zero-order valence-corrected chi connectivity index (χ0v) is 9.71. The quantitative estimate of drug-likeness (QED) is 0.523. The minimum atomic E-state index is -0.206. The maximum absolute atomic E-state index is 10.6. The Morgan fingerprint density at radius 2 is 2.40 bits per heavy atom. The zero-order chi connectivity index (χ0) is 11.3. The van der Waals surface area contributed by atoms with Crippen molar-refractivity contribution in [3.8, 4) is 0 Å². The van der Waals surface area contributed by atoms with Crippen LogP contribution >= 0.6 is 0 Å². The molecule has 0 saturated heterocycles. The van der Waals surface area contributed by atoms with Gasteiger partial charge in [0, 0.05) is 13.3 Å². The summed E-state index contributed by atoms with van der Waals surface area (Å²) in [7, 11) is 0. The van der Waals surface area contributed by atoms with Crippen LogP contribution in [-0.4, -0.2) is 12.6 Å². The summed E-state index contributed by atoms with van der Waals surface area (Å²) < 4.78 is 4.91. The predicted molar refractivity (Wildman–Crippen MR) is 61.5 cm³/mol. The van der Waals surface area contributed by atoms with Gasteiger partial charge in [0.05, 0.1) is 6.61 Å². The molecular weight excluding hydrogens is 188 g/mol. The minimum Gasteiger partial charge on any atom is -0.466 e. The van der Waals surface area contributed by atoms with Gasteiger partial charge < -0.3 is 4.74 Å². The second-order valence-electron chi connectivity index (χ2n) is 4.27. The van der Waals surface area contributed by atoms with Gasteiger partial charge in [0.25, 0.3) is 0 Å². The highest BCUT2D eigenvalue weighted by molar-refractivity contribution is 5.65. The summed E-state index contributed by atoms with van der Waals surface area (Å²) in [4.78, 5) is 10.6. The summed E-state index contributed by atoms with van der Waals surface area (Å²) in [6.45, 7) is 8.18. The van der Waals surface area contributed by atoms with Crippen molar-refractivity contribution in [3.63, 3.8) is 0 Å². The number of carbonyl (C=O) groups is 1. The molecule has 1 aliphatic rings. The van der Waals surface area contributed by atoms with Crippen molar-refractivity contribution in [1.82, 2.24) is 0 Å². The number of esters is 1. The van der Waals surface area contributed by atoms with Gasteiger partial charge in [0.2, 0.25) is 0 Å². The highest BCUT2D eigenvalue weighted by Crippen LogP contribution is 2.29. The Morgan fingerprint density at radius 1 is 1.67 bits per heavy atom. The van der Waals surface area contributed by atoms with E-state index in [4.69, 9.17) is 4.74 Å². The maximum Gasteiger partial charge on any atom is 0.302 e. The molecule has 0 amide bonds. The molecular formula is C13H20O2. The molecule has 0 aromatic heterocycles. The first-order chi connectivity index (χ1) is 7.09. The lowest BCUT2D eigenvalue weighted by Gasteiger charge is -2.22. The van der Waals surface area contributed by atoms with Gasteiger partial charge in [-0.1, -0.05) is 23.8 Å². The first-order valence-electron chi connectivity index (χ1n) is 5.56. The molecule has 0 aliphatic heterocycles. The van der Waals surface area contributed by atoms with Crippen LogP contribution in [0.1, 0.15) is 39.5 Å². The van der Waals surface area contributed by atoms with Gasteiger partial charge >= 0.3 is 5.97 Å². The SMILES string of the molecule is C=C(CCOC(C)=O)C1CC=C(C)CC1. The Morgan fingerprint density at radius 3 is 2.93 bits per heavy atom. The highest BCUT2D eigenvalue weighted by atomic mass is 16.5. The number of ether oxygens (including phenoxy) is 1. The van der Waals surface area contributed by atoms with E-state index in [-0.39, 0.29) is 5.97 Å². The van der Waals surface area contributed by atoms with Gasteiger partial charge in [0.15, 0.2) is 0 Å². The first kappa shape index (κ1) is 12.0. The van der Waals surface area contributed by atoms with Crippen LogP contribution in [0.25, 0.3) is 0 Å².